The summed E-state index contributed by atoms with van der Waals surface area (Å²) in [6.45, 7) is 0. The SMILES string of the molecule is Cl.N.N.[Cu].[Cu]. The van der Waals surface area contributed by atoms with Gasteiger partial charge in [-0.1, -0.05) is 0 Å². The Morgan fingerprint density at radius 3 is 0.600 bits per heavy atom. The van der Waals surface area contributed by atoms with Crippen molar-refractivity contribution in [1.82, 2.24) is 12.3 Å². The molecule has 2 radical (unpaired) electrons. The van der Waals surface area contributed by atoms with Crippen molar-refractivity contribution in [1.29, 1.82) is 0 Å². The molecule has 0 bridgehead atoms. The van der Waals surface area contributed by atoms with Crippen molar-refractivity contribution >= 4 is 12.4 Å². The van der Waals surface area contributed by atoms with Crippen LogP contribution in [0.2, 0.25) is 0 Å². The molecule has 0 heterocycles. The van der Waals surface area contributed by atoms with E-state index in [1.807, 2.05) is 0 Å². The molecular weight excluding hydrogens is 191 g/mol. The first kappa shape index (κ1) is 110. The molecule has 6 N–H and O–H groups in total. The second kappa shape index (κ2) is 60.7. The maximum Gasteiger partial charge on any atom is 0 e. The minimum atomic E-state index is 0. The molecule has 0 amide bonds. The topological polar surface area (TPSA) is 70.0 Å². The number of hydrogen-bond acceptors (Lipinski definition) is 2. The molecule has 0 aromatic carbocycles. The van der Waals surface area contributed by atoms with Gasteiger partial charge in [0.2, 0.25) is 0 Å². The van der Waals surface area contributed by atoms with Crippen LogP contribution in [0, 0.1) is 0 Å². The normalized spacial score (nSPS) is 0. The van der Waals surface area contributed by atoms with Gasteiger partial charge < -0.3 is 12.3 Å². The fourth-order valence-electron chi connectivity index (χ4n) is 0. The summed E-state index contributed by atoms with van der Waals surface area (Å²) in [6.07, 6.45) is 0. The molecule has 5 heteroatoms. The van der Waals surface area contributed by atoms with Gasteiger partial charge in [-0.05, 0) is 0 Å². The predicted molar refractivity (Wildman–Crippen MR) is 17.3 cm³/mol. The van der Waals surface area contributed by atoms with E-state index >= 15 is 0 Å². The first-order chi connectivity index (χ1) is 0. The predicted octanol–water partition coefficient (Wildman–Crippen LogP) is 0.741. The first-order valence-electron chi connectivity index (χ1n) is 0. The maximum atomic E-state index is 0. The zero-order chi connectivity index (χ0) is 0. The molecule has 0 aromatic heterocycles. The fourth-order valence-corrected chi connectivity index (χ4v) is 0. The van der Waals surface area contributed by atoms with E-state index in [4.69, 9.17) is 0 Å². The van der Waals surface area contributed by atoms with E-state index in [1.54, 1.807) is 0 Å². The van der Waals surface area contributed by atoms with Gasteiger partial charge in [0.15, 0.2) is 0 Å². The first-order valence-corrected chi connectivity index (χ1v) is 0. The summed E-state index contributed by atoms with van der Waals surface area (Å²) in [4.78, 5) is 0. The standard InChI is InChI=1S/ClH.2Cu.2H3N/h1H;;;2*1H3. The monoisotopic (exact) mass is 196 g/mol. The van der Waals surface area contributed by atoms with Gasteiger partial charge in [-0.25, -0.2) is 0 Å². The zero-order valence-electron chi connectivity index (χ0n) is 2.43. The summed E-state index contributed by atoms with van der Waals surface area (Å²) in [6, 6.07) is 0. The van der Waals surface area contributed by atoms with Crippen LogP contribution < -0.4 is 12.3 Å². The van der Waals surface area contributed by atoms with Crippen LogP contribution in [0.5, 0.6) is 0 Å². The van der Waals surface area contributed by atoms with Gasteiger partial charge >= 0.3 is 0 Å². The van der Waals surface area contributed by atoms with Crippen LogP contribution in [-0.2, 0) is 34.1 Å². The summed E-state index contributed by atoms with van der Waals surface area (Å²) in [5.74, 6) is 0. The van der Waals surface area contributed by atoms with E-state index in [0.717, 1.165) is 0 Å². The molecule has 2 nitrogen and oxygen atoms in total. The summed E-state index contributed by atoms with van der Waals surface area (Å²) in [5.41, 5.74) is 0. The summed E-state index contributed by atoms with van der Waals surface area (Å²) in [5, 5.41) is 0. The Labute approximate surface area is 59.0 Å². The Balaban J connectivity index is 0. The second-order valence-electron chi connectivity index (χ2n) is 0. The molecule has 0 aliphatic rings. The Hall–Kier alpha value is 1.25. The molecule has 0 spiro atoms. The molecule has 0 atom stereocenters. The quantitative estimate of drug-likeness (QED) is 0.563. The van der Waals surface area contributed by atoms with Gasteiger partial charge in [-0.15, -0.1) is 12.4 Å². The van der Waals surface area contributed by atoms with E-state index in [1.165, 1.54) is 0 Å². The Morgan fingerprint density at radius 1 is 0.600 bits per heavy atom. The molecule has 0 saturated carbocycles. The molecule has 0 fully saturated rings. The Bertz CT molecular complexity index is 7.61. The van der Waals surface area contributed by atoms with Crippen LogP contribution in [0.25, 0.3) is 0 Å². The van der Waals surface area contributed by atoms with E-state index in [9.17, 15) is 0 Å². The van der Waals surface area contributed by atoms with Crippen LogP contribution in [0.4, 0.5) is 0 Å². The molecule has 0 aromatic rings. The molecule has 0 aliphatic carbocycles. The van der Waals surface area contributed by atoms with Gasteiger partial charge in [0.1, 0.15) is 0 Å². The Morgan fingerprint density at radius 2 is 0.600 bits per heavy atom. The molecule has 5 heavy (non-hydrogen) atoms. The fraction of sp³-hybridized carbons (Fsp3) is 0. The molecule has 0 aliphatic heterocycles. The van der Waals surface area contributed by atoms with Crippen molar-refractivity contribution < 1.29 is 34.1 Å². The van der Waals surface area contributed by atoms with Gasteiger partial charge in [0.25, 0.3) is 0 Å². The summed E-state index contributed by atoms with van der Waals surface area (Å²) >= 11 is 0. The molecular formula is H7ClCu2N2. The molecule has 46 valence electrons. The summed E-state index contributed by atoms with van der Waals surface area (Å²) in [7, 11) is 0. The smallest absolute Gasteiger partial charge is 0 e. The second-order valence-corrected chi connectivity index (χ2v) is 0. The van der Waals surface area contributed by atoms with Crippen molar-refractivity contribution in [2.45, 2.75) is 0 Å². The molecule has 0 saturated heterocycles. The number of hydrogen-bond donors (Lipinski definition) is 2. The van der Waals surface area contributed by atoms with Gasteiger partial charge in [-0.3, -0.25) is 0 Å². The van der Waals surface area contributed by atoms with Crippen molar-refractivity contribution in [3.63, 3.8) is 0 Å². The van der Waals surface area contributed by atoms with Crippen molar-refractivity contribution in [3.05, 3.63) is 0 Å². The van der Waals surface area contributed by atoms with Crippen LogP contribution in [0.1, 0.15) is 0 Å². The molecule has 0 unspecified atom stereocenters. The van der Waals surface area contributed by atoms with Crippen molar-refractivity contribution in [2.24, 2.45) is 0 Å². The molecule has 0 rings (SSSR count). The van der Waals surface area contributed by atoms with Gasteiger partial charge in [-0.2, -0.15) is 0 Å². The van der Waals surface area contributed by atoms with Crippen molar-refractivity contribution in [3.8, 4) is 0 Å². The van der Waals surface area contributed by atoms with Gasteiger partial charge in [0.05, 0.1) is 0 Å². The average Bonchev–Trinajstić information content (AvgIpc) is 0. The van der Waals surface area contributed by atoms with E-state index < -0.39 is 0 Å². The van der Waals surface area contributed by atoms with Gasteiger partial charge in [0, 0.05) is 34.1 Å². The zero-order valence-corrected chi connectivity index (χ0v) is 5.13. The minimum absolute atomic E-state index is 0. The van der Waals surface area contributed by atoms with Crippen molar-refractivity contribution in [2.75, 3.05) is 0 Å². The van der Waals surface area contributed by atoms with Crippen LogP contribution in [0.3, 0.4) is 0 Å². The van der Waals surface area contributed by atoms with Crippen LogP contribution in [0.15, 0.2) is 0 Å². The van der Waals surface area contributed by atoms with Crippen LogP contribution >= 0.6 is 12.4 Å². The average molecular weight is 198 g/mol. The number of rotatable bonds is 0. The summed E-state index contributed by atoms with van der Waals surface area (Å²) < 4.78 is 0. The van der Waals surface area contributed by atoms with Crippen LogP contribution in [-0.4, -0.2) is 0 Å². The third-order valence-corrected chi connectivity index (χ3v) is 0. The third-order valence-electron chi connectivity index (χ3n) is 0. The van der Waals surface area contributed by atoms with E-state index in [0.29, 0.717) is 0 Å². The minimum Gasteiger partial charge on any atom is -0.344 e. The Kier molecular flexibility index (Phi) is 1340. The van der Waals surface area contributed by atoms with E-state index in [-0.39, 0.29) is 58.8 Å². The number of halogens is 1. The largest absolute Gasteiger partial charge is 0.344 e. The third kappa shape index (κ3) is 35.5. The maximum absolute atomic E-state index is 0. The van der Waals surface area contributed by atoms with E-state index in [2.05, 4.69) is 0 Å².